The number of ether oxygens (including phenoxy) is 3. The van der Waals surface area contributed by atoms with Crippen molar-refractivity contribution in [2.75, 3.05) is 20.3 Å². The van der Waals surface area contributed by atoms with Gasteiger partial charge in [0.25, 0.3) is 11.1 Å². The number of rotatable bonds is 9. The SMILES string of the molecule is COc1cc(/C=C2/SC(=O)N(CC(=O)OCC(C)C)C2=O)cc(Br)c1OCc1ccc(Cl)cc1. The van der Waals surface area contributed by atoms with Gasteiger partial charge >= 0.3 is 5.97 Å². The van der Waals surface area contributed by atoms with Gasteiger partial charge in [0.15, 0.2) is 11.5 Å². The topological polar surface area (TPSA) is 82.1 Å². The van der Waals surface area contributed by atoms with E-state index in [1.165, 1.54) is 7.11 Å². The van der Waals surface area contributed by atoms with E-state index in [1.807, 2.05) is 26.0 Å². The summed E-state index contributed by atoms with van der Waals surface area (Å²) in [5, 5.41) is 0.121. The molecule has 3 rings (SSSR count). The van der Waals surface area contributed by atoms with E-state index in [1.54, 1.807) is 30.3 Å². The third-order valence-electron chi connectivity index (χ3n) is 4.58. The third kappa shape index (κ3) is 6.77. The Balaban J connectivity index is 1.74. The van der Waals surface area contributed by atoms with Crippen molar-refractivity contribution < 1.29 is 28.6 Å². The minimum atomic E-state index is -0.621. The molecule has 0 unspecified atom stereocenters. The summed E-state index contributed by atoms with van der Waals surface area (Å²) in [4.78, 5) is 38.1. The molecular formula is C24H23BrClNO6S. The van der Waals surface area contributed by atoms with Gasteiger partial charge in [0.1, 0.15) is 13.2 Å². The second-order valence-corrected chi connectivity index (χ2v) is 10.1. The molecule has 0 radical (unpaired) electrons. The van der Waals surface area contributed by atoms with Crippen molar-refractivity contribution in [1.29, 1.82) is 0 Å². The number of thioether (sulfide) groups is 1. The lowest BCUT2D eigenvalue weighted by Crippen LogP contribution is -2.34. The molecule has 2 aromatic rings. The first kappa shape index (κ1) is 26.1. The summed E-state index contributed by atoms with van der Waals surface area (Å²) >= 11 is 10.2. The Morgan fingerprint density at radius 1 is 1.21 bits per heavy atom. The maximum Gasteiger partial charge on any atom is 0.326 e. The van der Waals surface area contributed by atoms with Crippen LogP contribution in [0.5, 0.6) is 11.5 Å². The Bertz CT molecular complexity index is 1120. The molecule has 0 N–H and O–H groups in total. The van der Waals surface area contributed by atoms with E-state index in [0.29, 0.717) is 33.2 Å². The van der Waals surface area contributed by atoms with Gasteiger partial charge in [-0.2, -0.15) is 0 Å². The average molecular weight is 569 g/mol. The van der Waals surface area contributed by atoms with Gasteiger partial charge in [0.2, 0.25) is 0 Å². The van der Waals surface area contributed by atoms with E-state index in [0.717, 1.165) is 22.2 Å². The lowest BCUT2D eigenvalue weighted by Gasteiger charge is -2.14. The van der Waals surface area contributed by atoms with Crippen molar-refractivity contribution in [3.63, 3.8) is 0 Å². The molecule has 1 heterocycles. The fourth-order valence-corrected chi connectivity index (χ4v) is 4.46. The molecule has 180 valence electrons. The number of nitrogens with zero attached hydrogens (tertiary/aromatic N) is 1. The van der Waals surface area contributed by atoms with E-state index in [9.17, 15) is 14.4 Å². The predicted octanol–water partition coefficient (Wildman–Crippen LogP) is 5.93. The van der Waals surface area contributed by atoms with Gasteiger partial charge in [-0.15, -0.1) is 0 Å². The predicted molar refractivity (Wildman–Crippen MR) is 135 cm³/mol. The van der Waals surface area contributed by atoms with Gasteiger partial charge in [-0.3, -0.25) is 19.3 Å². The number of hydrogen-bond donors (Lipinski definition) is 0. The zero-order valence-corrected chi connectivity index (χ0v) is 22.0. The van der Waals surface area contributed by atoms with Crippen LogP contribution in [0, 0.1) is 5.92 Å². The highest BCUT2D eigenvalue weighted by molar-refractivity contribution is 9.10. The van der Waals surface area contributed by atoms with Gasteiger partial charge in [0.05, 0.1) is 23.1 Å². The van der Waals surface area contributed by atoms with Crippen LogP contribution >= 0.6 is 39.3 Å². The van der Waals surface area contributed by atoms with E-state index >= 15 is 0 Å². The van der Waals surface area contributed by atoms with Gasteiger partial charge in [-0.1, -0.05) is 37.6 Å². The molecule has 1 aliphatic heterocycles. The second-order valence-electron chi connectivity index (χ2n) is 7.79. The molecule has 2 aromatic carbocycles. The van der Waals surface area contributed by atoms with Crippen molar-refractivity contribution in [3.05, 3.63) is 61.9 Å². The van der Waals surface area contributed by atoms with Crippen molar-refractivity contribution in [1.82, 2.24) is 4.90 Å². The van der Waals surface area contributed by atoms with Crippen molar-refractivity contribution in [2.45, 2.75) is 20.5 Å². The molecule has 7 nitrogen and oxygen atoms in total. The maximum atomic E-state index is 12.7. The Morgan fingerprint density at radius 3 is 2.56 bits per heavy atom. The van der Waals surface area contributed by atoms with Gasteiger partial charge in [0, 0.05) is 5.02 Å². The average Bonchev–Trinajstić information content (AvgIpc) is 3.05. The number of halogens is 2. The number of benzene rings is 2. The summed E-state index contributed by atoms with van der Waals surface area (Å²) in [5.41, 5.74) is 1.55. The molecule has 0 bridgehead atoms. The van der Waals surface area contributed by atoms with Crippen LogP contribution in [0.25, 0.3) is 6.08 Å². The zero-order chi connectivity index (χ0) is 24.8. The van der Waals surface area contributed by atoms with Gasteiger partial charge in [-0.25, -0.2) is 0 Å². The normalized spacial score (nSPS) is 14.8. The van der Waals surface area contributed by atoms with Crippen LogP contribution in [0.2, 0.25) is 5.02 Å². The standard InChI is InChI=1S/C24H23BrClNO6S/c1-14(2)12-32-21(28)11-27-23(29)20(34-24(27)30)10-16-8-18(25)22(19(9-16)31-3)33-13-15-4-6-17(26)7-5-15/h4-10,14H,11-13H2,1-3H3/b20-10+. The molecule has 0 aliphatic carbocycles. The Morgan fingerprint density at radius 2 is 1.91 bits per heavy atom. The summed E-state index contributed by atoms with van der Waals surface area (Å²) in [7, 11) is 1.51. The first-order valence-corrected chi connectivity index (χ1v) is 12.3. The number of imide groups is 1. The number of esters is 1. The Labute approximate surface area is 215 Å². The zero-order valence-electron chi connectivity index (χ0n) is 18.8. The third-order valence-corrected chi connectivity index (χ3v) is 6.33. The number of hydrogen-bond acceptors (Lipinski definition) is 7. The second kappa shape index (κ2) is 11.8. The molecule has 1 aliphatic rings. The van der Waals surface area contributed by atoms with Crippen LogP contribution in [0.3, 0.4) is 0 Å². The molecule has 0 atom stereocenters. The number of carbonyl (C=O) groups is 3. The fraction of sp³-hybridized carbons (Fsp3) is 0.292. The van der Waals surface area contributed by atoms with Crippen molar-refractivity contribution in [3.8, 4) is 11.5 Å². The summed E-state index contributed by atoms with van der Waals surface area (Å²) in [5.74, 6) is -0.0643. The molecule has 34 heavy (non-hydrogen) atoms. The van der Waals surface area contributed by atoms with E-state index in [4.69, 9.17) is 25.8 Å². The molecule has 2 amide bonds. The van der Waals surface area contributed by atoms with Crippen LogP contribution in [0.1, 0.15) is 25.0 Å². The Kier molecular flexibility index (Phi) is 9.04. The van der Waals surface area contributed by atoms with Gasteiger partial charge < -0.3 is 14.2 Å². The lowest BCUT2D eigenvalue weighted by molar-refractivity contribution is -0.147. The van der Waals surface area contributed by atoms with E-state index in [-0.39, 0.29) is 17.4 Å². The number of amides is 2. The molecule has 1 saturated heterocycles. The van der Waals surface area contributed by atoms with Crippen LogP contribution in [-0.4, -0.2) is 42.3 Å². The highest BCUT2D eigenvalue weighted by Gasteiger charge is 2.36. The molecule has 0 saturated carbocycles. The monoisotopic (exact) mass is 567 g/mol. The molecule has 0 spiro atoms. The number of carbonyl (C=O) groups excluding carboxylic acids is 3. The van der Waals surface area contributed by atoms with Crippen LogP contribution in [0.4, 0.5) is 4.79 Å². The molecule has 10 heteroatoms. The highest BCUT2D eigenvalue weighted by atomic mass is 79.9. The van der Waals surface area contributed by atoms with Gasteiger partial charge in [-0.05, 0) is 75.1 Å². The first-order valence-electron chi connectivity index (χ1n) is 10.3. The quantitative estimate of drug-likeness (QED) is 0.274. The number of methoxy groups -OCH3 is 1. The summed E-state index contributed by atoms with van der Waals surface area (Å²) < 4.78 is 17.1. The summed E-state index contributed by atoms with van der Waals surface area (Å²) in [6.07, 6.45) is 1.57. The molecular weight excluding hydrogens is 546 g/mol. The summed E-state index contributed by atoms with van der Waals surface area (Å²) in [6, 6.07) is 10.8. The van der Waals surface area contributed by atoms with E-state index < -0.39 is 23.7 Å². The maximum absolute atomic E-state index is 12.7. The van der Waals surface area contributed by atoms with Crippen molar-refractivity contribution in [2.24, 2.45) is 5.92 Å². The first-order chi connectivity index (χ1) is 16.2. The largest absolute Gasteiger partial charge is 0.493 e. The van der Waals surface area contributed by atoms with Crippen molar-refractivity contribution >= 4 is 62.5 Å². The lowest BCUT2D eigenvalue weighted by atomic mass is 10.1. The van der Waals surface area contributed by atoms with Crippen LogP contribution in [-0.2, 0) is 20.9 Å². The highest BCUT2D eigenvalue weighted by Crippen LogP contribution is 2.39. The Hall–Kier alpha value is -2.49. The van der Waals surface area contributed by atoms with Crippen LogP contribution in [0.15, 0.2) is 45.8 Å². The summed E-state index contributed by atoms with van der Waals surface area (Å²) in [6.45, 7) is 3.91. The minimum Gasteiger partial charge on any atom is -0.493 e. The minimum absolute atomic E-state index is 0.158. The van der Waals surface area contributed by atoms with E-state index in [2.05, 4.69) is 15.9 Å². The fourth-order valence-electron chi connectivity index (χ4n) is 2.92. The molecule has 1 fully saturated rings. The smallest absolute Gasteiger partial charge is 0.326 e. The molecule has 0 aromatic heterocycles. The van der Waals surface area contributed by atoms with Crippen LogP contribution < -0.4 is 9.47 Å².